The van der Waals surface area contributed by atoms with E-state index in [1.807, 2.05) is 36.4 Å². The summed E-state index contributed by atoms with van der Waals surface area (Å²) in [5.41, 5.74) is 2.05. The Balaban J connectivity index is 1.43. The van der Waals surface area contributed by atoms with Gasteiger partial charge in [0.1, 0.15) is 11.1 Å². The van der Waals surface area contributed by atoms with E-state index in [1.54, 1.807) is 35.6 Å². The van der Waals surface area contributed by atoms with Crippen molar-refractivity contribution < 1.29 is 9.59 Å². The lowest BCUT2D eigenvalue weighted by Crippen LogP contribution is -2.20. The third-order valence-corrected chi connectivity index (χ3v) is 7.75. The third-order valence-electron chi connectivity index (χ3n) is 5.66. The van der Waals surface area contributed by atoms with Crippen LogP contribution in [0.25, 0.3) is 0 Å². The number of nitrogens with one attached hydrogen (secondary N) is 1. The lowest BCUT2D eigenvalue weighted by Gasteiger charge is -2.18. The molecule has 34 heavy (non-hydrogen) atoms. The van der Waals surface area contributed by atoms with Gasteiger partial charge in [-0.3, -0.25) is 9.59 Å². The minimum absolute atomic E-state index is 0.0408. The summed E-state index contributed by atoms with van der Waals surface area (Å²) in [5, 5.41) is 14.3. The van der Waals surface area contributed by atoms with Crippen LogP contribution in [0.2, 0.25) is 0 Å². The summed E-state index contributed by atoms with van der Waals surface area (Å²) in [6.45, 7) is 1.52. The highest BCUT2D eigenvalue weighted by molar-refractivity contribution is 8.00. The van der Waals surface area contributed by atoms with Gasteiger partial charge in [0.05, 0.1) is 0 Å². The monoisotopic (exact) mass is 488 g/mol. The first-order valence-corrected chi connectivity index (χ1v) is 12.9. The van der Waals surface area contributed by atoms with Crippen LogP contribution in [0.15, 0.2) is 77.3 Å². The molecule has 2 heterocycles. The van der Waals surface area contributed by atoms with Crippen molar-refractivity contribution >= 4 is 40.5 Å². The van der Waals surface area contributed by atoms with E-state index in [0.29, 0.717) is 17.3 Å². The van der Waals surface area contributed by atoms with Gasteiger partial charge in [-0.1, -0.05) is 60.3 Å². The lowest BCUT2D eigenvalue weighted by atomic mass is 10.1. The molecule has 8 heteroatoms. The van der Waals surface area contributed by atoms with Gasteiger partial charge in [0.25, 0.3) is 0 Å². The van der Waals surface area contributed by atoms with Gasteiger partial charge in [0.15, 0.2) is 10.9 Å². The number of carbonyl (C=O) groups is 2. The van der Waals surface area contributed by atoms with E-state index in [0.717, 1.165) is 35.8 Å². The summed E-state index contributed by atoms with van der Waals surface area (Å²) in [4.78, 5) is 26.5. The number of anilines is 1. The smallest absolute Gasteiger partial charge is 0.242 e. The third kappa shape index (κ3) is 5.13. The van der Waals surface area contributed by atoms with Crippen molar-refractivity contribution in [1.29, 1.82) is 0 Å². The highest BCUT2D eigenvalue weighted by atomic mass is 32.2. The number of thioether (sulfide) groups is 1. The summed E-state index contributed by atoms with van der Waals surface area (Å²) >= 11 is 3.13. The van der Waals surface area contributed by atoms with Gasteiger partial charge < -0.3 is 9.88 Å². The second-order valence-electron chi connectivity index (χ2n) is 8.29. The molecule has 1 atom stereocenters. The Morgan fingerprint density at radius 1 is 1.09 bits per heavy atom. The summed E-state index contributed by atoms with van der Waals surface area (Å²) < 4.78 is 2.21. The minimum atomic E-state index is -0.515. The van der Waals surface area contributed by atoms with E-state index in [2.05, 4.69) is 31.5 Å². The van der Waals surface area contributed by atoms with Crippen molar-refractivity contribution in [2.24, 2.45) is 0 Å². The van der Waals surface area contributed by atoms with Gasteiger partial charge in [-0.15, -0.1) is 21.5 Å². The molecule has 1 fully saturated rings. The molecule has 1 aliphatic rings. The molecule has 5 rings (SSSR count). The molecule has 2 aromatic carbocycles. The van der Waals surface area contributed by atoms with Crippen molar-refractivity contribution in [2.75, 3.05) is 5.32 Å². The van der Waals surface area contributed by atoms with Gasteiger partial charge in [-0.25, -0.2) is 0 Å². The van der Waals surface area contributed by atoms with Gasteiger partial charge in [0.2, 0.25) is 5.91 Å². The van der Waals surface area contributed by atoms with Crippen LogP contribution in [0.5, 0.6) is 0 Å². The van der Waals surface area contributed by atoms with E-state index in [-0.39, 0.29) is 11.7 Å². The zero-order valence-electron chi connectivity index (χ0n) is 18.7. The standard InChI is InChI=1S/C26H24N4O2S2/c1-17(31)19-9-5-10-20(15-19)27-25(32)24(18-7-3-2-4-8-18)34-26-29-28-23(30(26)21-12-13-21)16-22-11-6-14-33-22/h2-11,14-15,21,24H,12-13,16H2,1H3,(H,27,32)/t24-/m1/s1. The first kappa shape index (κ1) is 22.6. The second-order valence-corrected chi connectivity index (χ2v) is 10.4. The highest BCUT2D eigenvalue weighted by Gasteiger charge is 2.32. The molecular formula is C26H24N4O2S2. The van der Waals surface area contributed by atoms with Crippen molar-refractivity contribution in [3.05, 3.63) is 93.9 Å². The molecule has 1 aliphatic carbocycles. The van der Waals surface area contributed by atoms with Crippen LogP contribution in [-0.2, 0) is 11.2 Å². The molecule has 0 bridgehead atoms. The Labute approximate surface area is 206 Å². The zero-order chi connectivity index (χ0) is 23.5. The lowest BCUT2D eigenvalue weighted by molar-refractivity contribution is -0.115. The number of nitrogens with zero attached hydrogens (tertiary/aromatic N) is 3. The SMILES string of the molecule is CC(=O)c1cccc(NC(=O)[C@H](Sc2nnc(Cc3cccs3)n2C2CC2)c2ccccc2)c1. The largest absolute Gasteiger partial charge is 0.325 e. The molecule has 0 saturated heterocycles. The second kappa shape index (κ2) is 9.95. The Bertz CT molecular complexity index is 1300. The maximum Gasteiger partial charge on any atom is 0.242 e. The molecular weight excluding hydrogens is 464 g/mol. The fourth-order valence-electron chi connectivity index (χ4n) is 3.81. The maximum atomic E-state index is 13.5. The fraction of sp³-hybridized carbons (Fsp3) is 0.231. The molecule has 0 unspecified atom stereocenters. The number of Topliss-reactive ketones (excluding diaryl/α,β-unsaturated/α-hetero) is 1. The molecule has 6 nitrogen and oxygen atoms in total. The van der Waals surface area contributed by atoms with Gasteiger partial charge in [-0.2, -0.15) is 0 Å². The first-order chi connectivity index (χ1) is 16.6. The van der Waals surface area contributed by atoms with Crippen LogP contribution in [0.3, 0.4) is 0 Å². The van der Waals surface area contributed by atoms with E-state index in [4.69, 9.17) is 0 Å². The average Bonchev–Trinajstić information content (AvgIpc) is 3.40. The molecule has 0 radical (unpaired) electrons. The molecule has 2 aromatic heterocycles. The van der Waals surface area contributed by atoms with E-state index < -0.39 is 5.25 Å². The predicted octanol–water partition coefficient (Wildman–Crippen LogP) is 5.94. The number of amides is 1. The number of ketones is 1. The number of hydrogen-bond donors (Lipinski definition) is 1. The van der Waals surface area contributed by atoms with Crippen molar-refractivity contribution in [1.82, 2.24) is 14.8 Å². The molecule has 4 aromatic rings. The number of thiophene rings is 1. The summed E-state index contributed by atoms with van der Waals surface area (Å²) in [7, 11) is 0. The van der Waals surface area contributed by atoms with Crippen LogP contribution >= 0.6 is 23.1 Å². The Morgan fingerprint density at radius 3 is 2.62 bits per heavy atom. The first-order valence-electron chi connectivity index (χ1n) is 11.2. The molecule has 0 aliphatic heterocycles. The minimum Gasteiger partial charge on any atom is -0.325 e. The molecule has 1 amide bonds. The van der Waals surface area contributed by atoms with Crippen LogP contribution in [0.4, 0.5) is 5.69 Å². The van der Waals surface area contributed by atoms with E-state index in [1.165, 1.54) is 23.6 Å². The number of hydrogen-bond acceptors (Lipinski definition) is 6. The quantitative estimate of drug-likeness (QED) is 0.233. The number of rotatable bonds is 9. The molecule has 1 N–H and O–H groups in total. The maximum absolute atomic E-state index is 13.5. The van der Waals surface area contributed by atoms with Crippen molar-refractivity contribution in [2.45, 2.75) is 42.6 Å². The van der Waals surface area contributed by atoms with Gasteiger partial charge in [-0.05, 0) is 48.9 Å². The van der Waals surface area contributed by atoms with Crippen molar-refractivity contribution in [3.63, 3.8) is 0 Å². The number of carbonyl (C=O) groups excluding carboxylic acids is 2. The fourth-order valence-corrected chi connectivity index (χ4v) is 5.63. The Hall–Kier alpha value is -3.23. The molecule has 1 saturated carbocycles. The van der Waals surface area contributed by atoms with Crippen LogP contribution in [-0.4, -0.2) is 26.5 Å². The summed E-state index contributed by atoms with van der Waals surface area (Å²) in [6.07, 6.45) is 2.94. The average molecular weight is 489 g/mol. The van der Waals surface area contributed by atoms with Crippen LogP contribution in [0, 0.1) is 0 Å². The van der Waals surface area contributed by atoms with E-state index in [9.17, 15) is 9.59 Å². The topological polar surface area (TPSA) is 76.9 Å². The number of benzene rings is 2. The predicted molar refractivity (Wildman–Crippen MR) is 136 cm³/mol. The highest BCUT2D eigenvalue weighted by Crippen LogP contribution is 2.43. The number of aromatic nitrogens is 3. The Kier molecular flexibility index (Phi) is 6.60. The normalized spacial score (nSPS) is 14.0. The Morgan fingerprint density at radius 2 is 1.91 bits per heavy atom. The van der Waals surface area contributed by atoms with Gasteiger partial charge in [0, 0.05) is 28.6 Å². The summed E-state index contributed by atoms with van der Waals surface area (Å²) in [5.74, 6) is 0.733. The molecule has 0 spiro atoms. The van der Waals surface area contributed by atoms with Crippen LogP contribution < -0.4 is 5.32 Å². The summed E-state index contributed by atoms with van der Waals surface area (Å²) in [6, 6.07) is 21.3. The van der Waals surface area contributed by atoms with Crippen molar-refractivity contribution in [3.8, 4) is 0 Å². The van der Waals surface area contributed by atoms with Gasteiger partial charge >= 0.3 is 0 Å². The zero-order valence-corrected chi connectivity index (χ0v) is 20.3. The van der Waals surface area contributed by atoms with E-state index >= 15 is 0 Å². The van der Waals surface area contributed by atoms with Crippen LogP contribution in [0.1, 0.15) is 57.7 Å². The molecule has 172 valence electrons.